The monoisotopic (exact) mass is 354 g/mol. The normalized spacial score (nSPS) is 11.8. The van der Waals surface area contributed by atoms with Crippen LogP contribution in [0.4, 0.5) is 19.0 Å². The number of fused-ring (bicyclic) bond motifs is 1. The molecule has 0 aliphatic carbocycles. The summed E-state index contributed by atoms with van der Waals surface area (Å²) in [6.07, 6.45) is -2.54. The van der Waals surface area contributed by atoms with Crippen LogP contribution in [0.25, 0.3) is 33.5 Å². The van der Waals surface area contributed by atoms with Gasteiger partial charge in [0.05, 0.1) is 11.3 Å². The van der Waals surface area contributed by atoms with Crippen LogP contribution in [0.15, 0.2) is 60.8 Å². The summed E-state index contributed by atoms with van der Waals surface area (Å²) in [6.45, 7) is 0. The van der Waals surface area contributed by atoms with Gasteiger partial charge in [-0.05, 0) is 29.7 Å². The molecular weight excluding hydrogens is 341 g/mol. The van der Waals surface area contributed by atoms with Crippen molar-refractivity contribution in [3.63, 3.8) is 0 Å². The SMILES string of the molecule is Nc1cc(-c2ccc(C(F)(F)F)cc2)nc(-c2ccc3cc[nH]c3c2)n1. The maximum atomic E-state index is 12.7. The molecule has 130 valence electrons. The number of benzene rings is 2. The van der Waals surface area contributed by atoms with E-state index in [2.05, 4.69) is 15.0 Å². The molecule has 2 aromatic carbocycles. The number of nitrogens with zero attached hydrogens (tertiary/aromatic N) is 2. The minimum Gasteiger partial charge on any atom is -0.384 e. The molecule has 26 heavy (non-hydrogen) atoms. The van der Waals surface area contributed by atoms with Crippen molar-refractivity contribution in [3.8, 4) is 22.6 Å². The van der Waals surface area contributed by atoms with E-state index >= 15 is 0 Å². The Morgan fingerprint density at radius 1 is 0.846 bits per heavy atom. The molecule has 3 N–H and O–H groups in total. The van der Waals surface area contributed by atoms with Crippen LogP contribution in [0.3, 0.4) is 0 Å². The Kier molecular flexibility index (Phi) is 3.64. The highest BCUT2D eigenvalue weighted by Crippen LogP contribution is 2.31. The largest absolute Gasteiger partial charge is 0.416 e. The Balaban J connectivity index is 1.76. The van der Waals surface area contributed by atoms with Crippen LogP contribution >= 0.6 is 0 Å². The summed E-state index contributed by atoms with van der Waals surface area (Å²) in [5.74, 6) is 0.660. The predicted molar refractivity (Wildman–Crippen MR) is 94.2 cm³/mol. The van der Waals surface area contributed by atoms with Gasteiger partial charge in [0, 0.05) is 28.9 Å². The fraction of sp³-hybridized carbons (Fsp3) is 0.0526. The van der Waals surface area contributed by atoms with Gasteiger partial charge in [-0.3, -0.25) is 0 Å². The predicted octanol–water partition coefficient (Wildman–Crippen LogP) is 4.89. The van der Waals surface area contributed by atoms with Gasteiger partial charge in [0.25, 0.3) is 0 Å². The van der Waals surface area contributed by atoms with E-state index in [0.717, 1.165) is 28.6 Å². The van der Waals surface area contributed by atoms with Crippen molar-refractivity contribution in [1.29, 1.82) is 0 Å². The van der Waals surface area contributed by atoms with Crippen molar-refractivity contribution < 1.29 is 13.2 Å². The van der Waals surface area contributed by atoms with E-state index < -0.39 is 11.7 Å². The maximum absolute atomic E-state index is 12.7. The highest BCUT2D eigenvalue weighted by molar-refractivity contribution is 5.84. The topological polar surface area (TPSA) is 67.6 Å². The zero-order valence-electron chi connectivity index (χ0n) is 13.4. The lowest BCUT2D eigenvalue weighted by Crippen LogP contribution is -2.04. The van der Waals surface area contributed by atoms with Crippen LogP contribution < -0.4 is 5.73 Å². The highest BCUT2D eigenvalue weighted by Gasteiger charge is 2.30. The van der Waals surface area contributed by atoms with Crippen molar-refractivity contribution in [3.05, 3.63) is 66.4 Å². The minimum absolute atomic E-state index is 0.247. The molecule has 0 fully saturated rings. The second-order valence-electron chi connectivity index (χ2n) is 5.86. The molecule has 0 amide bonds. The van der Waals surface area contributed by atoms with Crippen molar-refractivity contribution >= 4 is 16.7 Å². The average Bonchev–Trinajstić information content (AvgIpc) is 3.08. The number of hydrogen-bond acceptors (Lipinski definition) is 3. The van der Waals surface area contributed by atoms with Gasteiger partial charge in [0.1, 0.15) is 5.82 Å². The zero-order chi connectivity index (χ0) is 18.3. The number of nitrogens with two attached hydrogens (primary N) is 1. The summed E-state index contributed by atoms with van der Waals surface area (Å²) >= 11 is 0. The van der Waals surface area contributed by atoms with Crippen molar-refractivity contribution in [2.24, 2.45) is 0 Å². The first-order valence-corrected chi connectivity index (χ1v) is 7.80. The van der Waals surface area contributed by atoms with Gasteiger partial charge in [0.15, 0.2) is 5.82 Å². The fourth-order valence-corrected chi connectivity index (χ4v) is 2.76. The summed E-state index contributed by atoms with van der Waals surface area (Å²) in [5, 5.41) is 1.06. The van der Waals surface area contributed by atoms with Gasteiger partial charge in [-0.25, -0.2) is 9.97 Å². The van der Waals surface area contributed by atoms with E-state index in [0.29, 0.717) is 17.1 Å². The van der Waals surface area contributed by atoms with E-state index in [1.54, 1.807) is 6.07 Å². The number of aromatic nitrogens is 3. The molecule has 0 aliphatic heterocycles. The Bertz CT molecular complexity index is 1080. The lowest BCUT2D eigenvalue weighted by Gasteiger charge is -2.09. The molecule has 0 unspecified atom stereocenters. The van der Waals surface area contributed by atoms with Gasteiger partial charge >= 0.3 is 6.18 Å². The molecular formula is C19H13F3N4. The number of anilines is 1. The first-order chi connectivity index (χ1) is 12.4. The van der Waals surface area contributed by atoms with Crippen LogP contribution in [-0.4, -0.2) is 15.0 Å². The molecule has 2 aromatic heterocycles. The second-order valence-corrected chi connectivity index (χ2v) is 5.86. The molecule has 7 heteroatoms. The van der Waals surface area contributed by atoms with Crippen LogP contribution in [0, 0.1) is 0 Å². The van der Waals surface area contributed by atoms with E-state index in [-0.39, 0.29) is 5.82 Å². The number of aromatic amines is 1. The highest BCUT2D eigenvalue weighted by atomic mass is 19.4. The molecule has 2 heterocycles. The lowest BCUT2D eigenvalue weighted by atomic mass is 10.1. The van der Waals surface area contributed by atoms with Gasteiger partial charge < -0.3 is 10.7 Å². The number of rotatable bonds is 2. The Morgan fingerprint density at radius 3 is 2.31 bits per heavy atom. The average molecular weight is 354 g/mol. The van der Waals surface area contributed by atoms with Gasteiger partial charge in [-0.1, -0.05) is 24.3 Å². The minimum atomic E-state index is -4.38. The molecule has 0 spiro atoms. The maximum Gasteiger partial charge on any atom is 0.416 e. The van der Waals surface area contributed by atoms with Crippen LogP contribution in [0.1, 0.15) is 5.56 Å². The summed E-state index contributed by atoms with van der Waals surface area (Å²) in [5.41, 5.74) is 7.88. The molecule has 4 aromatic rings. The third-order valence-corrected chi connectivity index (χ3v) is 4.07. The van der Waals surface area contributed by atoms with Crippen molar-refractivity contribution in [1.82, 2.24) is 15.0 Å². The number of nitrogen functional groups attached to an aromatic ring is 1. The van der Waals surface area contributed by atoms with Gasteiger partial charge in [-0.2, -0.15) is 13.2 Å². The van der Waals surface area contributed by atoms with E-state index in [4.69, 9.17) is 5.73 Å². The number of alkyl halides is 3. The molecule has 4 rings (SSSR count). The van der Waals surface area contributed by atoms with Crippen LogP contribution in [-0.2, 0) is 6.18 Å². The van der Waals surface area contributed by atoms with Crippen LogP contribution in [0.2, 0.25) is 0 Å². The Labute approximate surface area is 146 Å². The smallest absolute Gasteiger partial charge is 0.384 e. The third-order valence-electron chi connectivity index (χ3n) is 4.07. The number of nitrogens with one attached hydrogen (secondary N) is 1. The second kappa shape index (κ2) is 5.87. The van der Waals surface area contributed by atoms with E-state index in [9.17, 15) is 13.2 Å². The Hall–Kier alpha value is -3.35. The standard InChI is InChI=1S/C19H13F3N4/c20-19(21,22)14-5-3-11(4-6-14)16-10-17(23)26-18(25-16)13-2-1-12-7-8-24-15(12)9-13/h1-10,24H,(H2,23,25,26). The lowest BCUT2D eigenvalue weighted by molar-refractivity contribution is -0.137. The van der Waals surface area contributed by atoms with E-state index in [1.807, 2.05) is 30.5 Å². The van der Waals surface area contributed by atoms with Crippen LogP contribution in [0.5, 0.6) is 0 Å². The summed E-state index contributed by atoms with van der Waals surface area (Å²) < 4.78 is 38.2. The summed E-state index contributed by atoms with van der Waals surface area (Å²) in [4.78, 5) is 11.8. The Morgan fingerprint density at radius 2 is 1.58 bits per heavy atom. The molecule has 0 saturated heterocycles. The third kappa shape index (κ3) is 2.99. The first-order valence-electron chi connectivity index (χ1n) is 7.80. The number of halogens is 3. The van der Waals surface area contributed by atoms with Gasteiger partial charge in [0.2, 0.25) is 0 Å². The first kappa shape index (κ1) is 16.1. The number of hydrogen-bond donors (Lipinski definition) is 2. The molecule has 0 aliphatic rings. The quantitative estimate of drug-likeness (QED) is 0.538. The fourth-order valence-electron chi connectivity index (χ4n) is 2.76. The molecule has 0 saturated carbocycles. The number of H-pyrrole nitrogens is 1. The summed E-state index contributed by atoms with van der Waals surface area (Å²) in [6, 6.07) is 14.0. The van der Waals surface area contributed by atoms with Crippen molar-refractivity contribution in [2.45, 2.75) is 6.18 Å². The molecule has 0 radical (unpaired) electrons. The molecule has 0 bridgehead atoms. The molecule has 0 atom stereocenters. The summed E-state index contributed by atoms with van der Waals surface area (Å²) in [7, 11) is 0. The zero-order valence-corrected chi connectivity index (χ0v) is 13.4. The molecule has 4 nitrogen and oxygen atoms in total. The van der Waals surface area contributed by atoms with Crippen molar-refractivity contribution in [2.75, 3.05) is 5.73 Å². The van der Waals surface area contributed by atoms with Gasteiger partial charge in [-0.15, -0.1) is 0 Å². The van der Waals surface area contributed by atoms with E-state index in [1.165, 1.54) is 12.1 Å².